The second kappa shape index (κ2) is 9.24. The van der Waals surface area contributed by atoms with Crippen molar-refractivity contribution in [1.82, 2.24) is 5.32 Å². The molecule has 0 aliphatic carbocycles. The van der Waals surface area contributed by atoms with Gasteiger partial charge in [-0.2, -0.15) is 0 Å². The van der Waals surface area contributed by atoms with Gasteiger partial charge in [-0.3, -0.25) is 9.52 Å². The van der Waals surface area contributed by atoms with Gasteiger partial charge in [-0.1, -0.05) is 43.6 Å². The molecule has 1 amide bonds. The number of sulfonamides is 1. The van der Waals surface area contributed by atoms with Crippen molar-refractivity contribution in [2.24, 2.45) is 5.92 Å². The highest BCUT2D eigenvalue weighted by Gasteiger charge is 2.18. The Hall–Kier alpha value is -2.05. The van der Waals surface area contributed by atoms with Crippen LogP contribution in [0.2, 0.25) is 5.02 Å². The van der Waals surface area contributed by atoms with Crippen LogP contribution in [0.5, 0.6) is 0 Å². The third-order valence-corrected chi connectivity index (χ3v) is 5.77. The minimum absolute atomic E-state index is 0.00454. The summed E-state index contributed by atoms with van der Waals surface area (Å²) < 4.78 is 27.7. The number of halogens is 1. The average molecular weight is 409 g/mol. The smallest absolute Gasteiger partial charge is 0.261 e. The van der Waals surface area contributed by atoms with Crippen molar-refractivity contribution in [2.75, 3.05) is 4.72 Å². The maximum Gasteiger partial charge on any atom is 0.261 e. The molecule has 1 unspecified atom stereocenters. The van der Waals surface area contributed by atoms with Crippen LogP contribution in [0.3, 0.4) is 0 Å². The summed E-state index contributed by atoms with van der Waals surface area (Å²) in [5.74, 6) is 0.273. The predicted octanol–water partition coefficient (Wildman–Crippen LogP) is 4.70. The highest BCUT2D eigenvalue weighted by atomic mass is 35.5. The van der Waals surface area contributed by atoms with Crippen LogP contribution in [0.4, 0.5) is 5.69 Å². The van der Waals surface area contributed by atoms with Crippen molar-refractivity contribution in [3.63, 3.8) is 0 Å². The van der Waals surface area contributed by atoms with Crippen molar-refractivity contribution in [1.29, 1.82) is 0 Å². The van der Waals surface area contributed by atoms with Gasteiger partial charge in [0.2, 0.25) is 0 Å². The molecule has 0 heterocycles. The summed E-state index contributed by atoms with van der Waals surface area (Å²) in [6.07, 6.45) is 1.88. The Kier molecular flexibility index (Phi) is 7.27. The molecule has 0 saturated heterocycles. The lowest BCUT2D eigenvalue weighted by Crippen LogP contribution is -2.32. The number of nitrogens with one attached hydrogen (secondary N) is 2. The molecule has 2 aromatic carbocycles. The van der Waals surface area contributed by atoms with Crippen LogP contribution in [0.1, 0.15) is 44.0 Å². The normalized spacial score (nSPS) is 12.6. The molecular weight excluding hydrogens is 384 g/mol. The summed E-state index contributed by atoms with van der Waals surface area (Å²) in [7, 11) is -3.86. The van der Waals surface area contributed by atoms with Gasteiger partial charge < -0.3 is 5.32 Å². The van der Waals surface area contributed by atoms with Crippen molar-refractivity contribution in [2.45, 2.75) is 44.6 Å². The van der Waals surface area contributed by atoms with E-state index in [0.717, 1.165) is 12.8 Å². The Morgan fingerprint density at radius 3 is 2.41 bits per heavy atom. The van der Waals surface area contributed by atoms with Gasteiger partial charge in [0.25, 0.3) is 15.9 Å². The minimum atomic E-state index is -3.86. The lowest BCUT2D eigenvalue weighted by molar-refractivity contribution is 0.0937. The Balaban J connectivity index is 2.14. The summed E-state index contributed by atoms with van der Waals surface area (Å²) in [6, 6.07) is 12.5. The average Bonchev–Trinajstić information content (AvgIpc) is 2.62. The quantitative estimate of drug-likeness (QED) is 0.664. The molecule has 0 fully saturated rings. The molecule has 0 aliphatic heterocycles. The van der Waals surface area contributed by atoms with E-state index in [1.165, 1.54) is 12.1 Å². The standard InChI is InChI=1S/C20H25ClN2O3S/c1-14(2)11-12-15(3)22-20(24)16-7-6-8-17(13-16)27(25,26)23-19-10-5-4-9-18(19)21/h4-10,13-15,23H,11-12H2,1-3H3,(H,22,24). The van der Waals surface area contributed by atoms with Crippen molar-refractivity contribution >= 4 is 33.2 Å². The molecule has 2 N–H and O–H groups in total. The number of carbonyl (C=O) groups is 1. The van der Waals surface area contributed by atoms with E-state index < -0.39 is 10.0 Å². The fraction of sp³-hybridized carbons (Fsp3) is 0.350. The van der Waals surface area contributed by atoms with Crippen LogP contribution < -0.4 is 10.0 Å². The first-order chi connectivity index (χ1) is 12.7. The number of amides is 1. The second-order valence-corrected chi connectivity index (χ2v) is 9.05. The lowest BCUT2D eigenvalue weighted by Gasteiger charge is -2.15. The Labute approximate surface area is 166 Å². The molecule has 1 atom stereocenters. The van der Waals surface area contributed by atoms with Crippen LogP contribution in [-0.4, -0.2) is 20.4 Å². The Morgan fingerprint density at radius 1 is 1.04 bits per heavy atom. The Morgan fingerprint density at radius 2 is 1.74 bits per heavy atom. The first-order valence-electron chi connectivity index (χ1n) is 8.87. The first kappa shape index (κ1) is 21.3. The Bertz CT molecular complexity index is 898. The molecule has 7 heteroatoms. The predicted molar refractivity (Wildman–Crippen MR) is 110 cm³/mol. The van der Waals surface area contributed by atoms with Crippen molar-refractivity contribution in [3.05, 3.63) is 59.1 Å². The maximum atomic E-state index is 12.6. The molecule has 0 aromatic heterocycles. The zero-order chi connectivity index (χ0) is 20.0. The molecule has 0 bridgehead atoms. The zero-order valence-corrected chi connectivity index (χ0v) is 17.3. The molecule has 27 heavy (non-hydrogen) atoms. The number of para-hydroxylation sites is 1. The SMILES string of the molecule is CC(C)CCC(C)NC(=O)c1cccc(S(=O)(=O)Nc2ccccc2Cl)c1. The van der Waals surface area contributed by atoms with E-state index in [2.05, 4.69) is 23.9 Å². The summed E-state index contributed by atoms with van der Waals surface area (Å²) in [6.45, 7) is 6.21. The third-order valence-electron chi connectivity index (χ3n) is 4.08. The number of hydrogen-bond acceptors (Lipinski definition) is 3. The van der Waals surface area contributed by atoms with E-state index in [1.807, 2.05) is 6.92 Å². The highest BCUT2D eigenvalue weighted by Crippen LogP contribution is 2.24. The molecule has 5 nitrogen and oxygen atoms in total. The fourth-order valence-corrected chi connectivity index (χ4v) is 3.88. The van der Waals surface area contributed by atoms with Gasteiger partial charge in [0.1, 0.15) is 0 Å². The van der Waals surface area contributed by atoms with Gasteiger partial charge in [-0.15, -0.1) is 0 Å². The van der Waals surface area contributed by atoms with Crippen LogP contribution >= 0.6 is 11.6 Å². The van der Waals surface area contributed by atoms with Crippen LogP contribution in [0.15, 0.2) is 53.4 Å². The molecule has 0 spiro atoms. The topological polar surface area (TPSA) is 75.3 Å². The molecule has 146 valence electrons. The van der Waals surface area contributed by atoms with Gasteiger partial charge in [0.05, 0.1) is 15.6 Å². The number of hydrogen-bond donors (Lipinski definition) is 2. The van der Waals surface area contributed by atoms with E-state index in [4.69, 9.17) is 11.6 Å². The van der Waals surface area contributed by atoms with Crippen molar-refractivity contribution < 1.29 is 13.2 Å². The monoisotopic (exact) mass is 408 g/mol. The molecule has 0 radical (unpaired) electrons. The van der Waals surface area contributed by atoms with E-state index in [-0.39, 0.29) is 22.5 Å². The van der Waals surface area contributed by atoms with Crippen LogP contribution in [0, 0.1) is 5.92 Å². The first-order valence-corrected chi connectivity index (χ1v) is 10.7. The largest absolute Gasteiger partial charge is 0.350 e. The van der Waals surface area contributed by atoms with E-state index in [0.29, 0.717) is 16.5 Å². The fourth-order valence-electron chi connectivity index (χ4n) is 2.51. The number of rotatable bonds is 8. The summed E-state index contributed by atoms with van der Waals surface area (Å²) in [4.78, 5) is 12.4. The van der Waals surface area contributed by atoms with Gasteiger partial charge in [0.15, 0.2) is 0 Å². The minimum Gasteiger partial charge on any atom is -0.350 e. The maximum absolute atomic E-state index is 12.6. The van der Waals surface area contributed by atoms with Gasteiger partial charge >= 0.3 is 0 Å². The summed E-state index contributed by atoms with van der Waals surface area (Å²) in [5.41, 5.74) is 0.588. The zero-order valence-electron chi connectivity index (χ0n) is 15.7. The molecule has 0 saturated carbocycles. The van der Waals surface area contributed by atoms with Crippen LogP contribution in [-0.2, 0) is 10.0 Å². The third kappa shape index (κ3) is 6.26. The molecule has 2 aromatic rings. The second-order valence-electron chi connectivity index (χ2n) is 6.96. The van der Waals surface area contributed by atoms with Gasteiger partial charge in [-0.05, 0) is 56.0 Å². The number of carbonyl (C=O) groups excluding carboxylic acids is 1. The van der Waals surface area contributed by atoms with Crippen LogP contribution in [0.25, 0.3) is 0 Å². The number of anilines is 1. The van der Waals surface area contributed by atoms with E-state index in [1.54, 1.807) is 36.4 Å². The molecule has 2 rings (SSSR count). The lowest BCUT2D eigenvalue weighted by atomic mass is 10.0. The number of benzene rings is 2. The molecular formula is C20H25ClN2O3S. The van der Waals surface area contributed by atoms with Gasteiger partial charge in [0, 0.05) is 11.6 Å². The summed E-state index contributed by atoms with van der Waals surface area (Å²) in [5, 5.41) is 3.21. The van der Waals surface area contributed by atoms with Gasteiger partial charge in [-0.25, -0.2) is 8.42 Å². The van der Waals surface area contributed by atoms with E-state index in [9.17, 15) is 13.2 Å². The van der Waals surface area contributed by atoms with Crippen molar-refractivity contribution in [3.8, 4) is 0 Å². The molecule has 0 aliphatic rings. The summed E-state index contributed by atoms with van der Waals surface area (Å²) >= 11 is 6.02. The van der Waals surface area contributed by atoms with E-state index >= 15 is 0 Å². The highest BCUT2D eigenvalue weighted by molar-refractivity contribution is 7.92.